The van der Waals surface area contributed by atoms with Gasteiger partial charge in [0.15, 0.2) is 6.29 Å². The monoisotopic (exact) mass is 281 g/mol. The highest BCUT2D eigenvalue weighted by molar-refractivity contribution is 7.13. The molecule has 0 aliphatic carbocycles. The van der Waals surface area contributed by atoms with E-state index >= 15 is 0 Å². The average molecular weight is 281 g/mol. The molecule has 3 nitrogen and oxygen atoms in total. The molecule has 0 aliphatic heterocycles. The molecule has 0 saturated carbocycles. The summed E-state index contributed by atoms with van der Waals surface area (Å²) in [6, 6.07) is 17.3. The number of thiazole rings is 1. The van der Waals surface area contributed by atoms with Crippen molar-refractivity contribution in [3.63, 3.8) is 0 Å². The van der Waals surface area contributed by atoms with E-state index in [1.54, 1.807) is 5.38 Å². The van der Waals surface area contributed by atoms with Crippen LogP contribution in [-0.4, -0.2) is 11.3 Å². The van der Waals surface area contributed by atoms with Crippen molar-refractivity contribution in [3.8, 4) is 22.1 Å². The van der Waals surface area contributed by atoms with Crippen molar-refractivity contribution in [3.05, 3.63) is 65.7 Å². The van der Waals surface area contributed by atoms with Gasteiger partial charge in [0.25, 0.3) is 0 Å². The number of aldehydes is 1. The molecule has 20 heavy (non-hydrogen) atoms. The highest BCUT2D eigenvalue weighted by Crippen LogP contribution is 2.28. The first-order valence-electron chi connectivity index (χ1n) is 6.09. The van der Waals surface area contributed by atoms with Crippen LogP contribution in [0.15, 0.2) is 60.0 Å². The Balaban J connectivity index is 1.87. The molecule has 0 atom stereocenters. The fourth-order valence-electron chi connectivity index (χ4n) is 1.79. The summed E-state index contributed by atoms with van der Waals surface area (Å²) < 4.78 is 5.78. The van der Waals surface area contributed by atoms with E-state index in [2.05, 4.69) is 4.98 Å². The molecule has 2 aromatic carbocycles. The third-order valence-electron chi connectivity index (χ3n) is 2.70. The highest BCUT2D eigenvalue weighted by Gasteiger charge is 2.05. The van der Waals surface area contributed by atoms with Crippen molar-refractivity contribution in [2.45, 2.75) is 0 Å². The molecule has 0 N–H and O–H groups in total. The van der Waals surface area contributed by atoms with E-state index in [4.69, 9.17) is 4.74 Å². The molecular weight excluding hydrogens is 270 g/mol. The molecule has 0 aliphatic rings. The van der Waals surface area contributed by atoms with Crippen LogP contribution >= 0.6 is 11.3 Å². The van der Waals surface area contributed by atoms with E-state index in [1.807, 2.05) is 54.6 Å². The predicted molar refractivity (Wildman–Crippen MR) is 79.5 cm³/mol. The van der Waals surface area contributed by atoms with Gasteiger partial charge in [0.1, 0.15) is 22.2 Å². The lowest BCUT2D eigenvalue weighted by Crippen LogP contribution is -1.85. The molecule has 4 heteroatoms. The average Bonchev–Trinajstić information content (AvgIpc) is 2.98. The lowest BCUT2D eigenvalue weighted by molar-refractivity contribution is 0.111. The Bertz CT molecular complexity index is 722. The van der Waals surface area contributed by atoms with Gasteiger partial charge in [-0.3, -0.25) is 4.79 Å². The molecular formula is C16H11NO2S. The quantitative estimate of drug-likeness (QED) is 0.665. The lowest BCUT2D eigenvalue weighted by Gasteiger charge is -2.06. The number of nitrogens with zero attached hydrogens (tertiary/aromatic N) is 1. The molecule has 1 heterocycles. The van der Waals surface area contributed by atoms with E-state index in [-0.39, 0.29) is 0 Å². The third kappa shape index (κ3) is 2.75. The second kappa shape index (κ2) is 5.67. The number of hydrogen-bond donors (Lipinski definition) is 0. The number of para-hydroxylation sites is 1. The molecule has 0 amide bonds. The summed E-state index contributed by atoms with van der Waals surface area (Å²) in [5.74, 6) is 1.54. The second-order valence-electron chi connectivity index (χ2n) is 4.14. The first-order chi connectivity index (χ1) is 9.85. The van der Waals surface area contributed by atoms with E-state index in [0.29, 0.717) is 5.69 Å². The zero-order chi connectivity index (χ0) is 13.8. The van der Waals surface area contributed by atoms with E-state index in [1.165, 1.54) is 11.3 Å². The molecule has 0 fully saturated rings. The van der Waals surface area contributed by atoms with Gasteiger partial charge in [-0.25, -0.2) is 4.98 Å². The maximum absolute atomic E-state index is 10.7. The van der Waals surface area contributed by atoms with Gasteiger partial charge in [0.2, 0.25) is 0 Å². The summed E-state index contributed by atoms with van der Waals surface area (Å²) in [5.41, 5.74) is 1.40. The van der Waals surface area contributed by atoms with Crippen LogP contribution in [0.1, 0.15) is 10.5 Å². The Morgan fingerprint density at radius 3 is 2.55 bits per heavy atom. The molecule has 0 radical (unpaired) electrons. The smallest absolute Gasteiger partial charge is 0.169 e. The van der Waals surface area contributed by atoms with Crippen LogP contribution in [0, 0.1) is 0 Å². The topological polar surface area (TPSA) is 39.2 Å². The molecule has 1 aromatic heterocycles. The highest BCUT2D eigenvalue weighted by atomic mass is 32.1. The molecule has 3 rings (SSSR count). The van der Waals surface area contributed by atoms with Gasteiger partial charge in [-0.1, -0.05) is 30.3 Å². The number of ether oxygens (including phenoxy) is 1. The Hall–Kier alpha value is -2.46. The number of hydrogen-bond acceptors (Lipinski definition) is 4. The third-order valence-corrected chi connectivity index (χ3v) is 3.61. The van der Waals surface area contributed by atoms with Gasteiger partial charge < -0.3 is 4.74 Å². The van der Waals surface area contributed by atoms with Crippen molar-refractivity contribution >= 4 is 17.6 Å². The van der Waals surface area contributed by atoms with Crippen LogP contribution in [-0.2, 0) is 0 Å². The number of rotatable bonds is 4. The van der Waals surface area contributed by atoms with Gasteiger partial charge >= 0.3 is 0 Å². The zero-order valence-corrected chi connectivity index (χ0v) is 11.3. The minimum atomic E-state index is 0.458. The van der Waals surface area contributed by atoms with Gasteiger partial charge in [-0.2, -0.15) is 0 Å². The standard InChI is InChI=1S/C16H11NO2S/c18-10-13-11-20-16(17-13)12-5-4-8-15(9-12)19-14-6-2-1-3-7-14/h1-11H. The van der Waals surface area contributed by atoms with Crippen LogP contribution < -0.4 is 4.74 Å². The maximum atomic E-state index is 10.7. The number of benzene rings is 2. The number of carbonyl (C=O) groups is 1. The number of carbonyl (C=O) groups excluding carboxylic acids is 1. The van der Waals surface area contributed by atoms with Crippen molar-refractivity contribution in [1.82, 2.24) is 4.98 Å². The second-order valence-corrected chi connectivity index (χ2v) is 5.00. The van der Waals surface area contributed by atoms with Crippen LogP contribution in [0.25, 0.3) is 10.6 Å². The minimum absolute atomic E-state index is 0.458. The molecule has 98 valence electrons. The predicted octanol–water partition coefficient (Wildman–Crippen LogP) is 4.41. The number of aromatic nitrogens is 1. The summed E-state index contributed by atoms with van der Waals surface area (Å²) in [6.45, 7) is 0. The van der Waals surface area contributed by atoms with E-state index < -0.39 is 0 Å². The van der Waals surface area contributed by atoms with Gasteiger partial charge in [0.05, 0.1) is 0 Å². The zero-order valence-electron chi connectivity index (χ0n) is 10.5. The first kappa shape index (κ1) is 12.6. The van der Waals surface area contributed by atoms with Gasteiger partial charge in [0, 0.05) is 10.9 Å². The Kier molecular flexibility index (Phi) is 3.56. The summed E-state index contributed by atoms with van der Waals surface area (Å²) in [7, 11) is 0. The van der Waals surface area contributed by atoms with Crippen molar-refractivity contribution < 1.29 is 9.53 Å². The summed E-state index contributed by atoms with van der Waals surface area (Å²) in [4.78, 5) is 14.9. The summed E-state index contributed by atoms with van der Waals surface area (Å²) >= 11 is 1.44. The van der Waals surface area contributed by atoms with Crippen molar-refractivity contribution in [2.24, 2.45) is 0 Å². The minimum Gasteiger partial charge on any atom is -0.457 e. The Morgan fingerprint density at radius 2 is 1.80 bits per heavy atom. The Labute approximate surface area is 120 Å². The van der Waals surface area contributed by atoms with E-state index in [0.717, 1.165) is 28.4 Å². The van der Waals surface area contributed by atoms with Crippen molar-refractivity contribution in [2.75, 3.05) is 0 Å². The fourth-order valence-corrected chi connectivity index (χ4v) is 2.55. The SMILES string of the molecule is O=Cc1csc(-c2cccc(Oc3ccccc3)c2)n1. The molecule has 0 spiro atoms. The van der Waals surface area contributed by atoms with Crippen LogP contribution in [0.4, 0.5) is 0 Å². The van der Waals surface area contributed by atoms with Gasteiger partial charge in [-0.05, 0) is 24.3 Å². The van der Waals surface area contributed by atoms with Crippen LogP contribution in [0.5, 0.6) is 11.5 Å². The summed E-state index contributed by atoms with van der Waals surface area (Å²) in [6.07, 6.45) is 0.754. The maximum Gasteiger partial charge on any atom is 0.169 e. The normalized spacial score (nSPS) is 10.2. The molecule has 0 saturated heterocycles. The fraction of sp³-hybridized carbons (Fsp3) is 0. The largest absolute Gasteiger partial charge is 0.457 e. The lowest BCUT2D eigenvalue weighted by atomic mass is 10.2. The first-order valence-corrected chi connectivity index (χ1v) is 6.97. The Morgan fingerprint density at radius 1 is 1.00 bits per heavy atom. The van der Waals surface area contributed by atoms with E-state index in [9.17, 15) is 4.79 Å². The van der Waals surface area contributed by atoms with Gasteiger partial charge in [-0.15, -0.1) is 11.3 Å². The molecule has 3 aromatic rings. The van der Waals surface area contributed by atoms with Crippen LogP contribution in [0.3, 0.4) is 0 Å². The van der Waals surface area contributed by atoms with Crippen LogP contribution in [0.2, 0.25) is 0 Å². The van der Waals surface area contributed by atoms with Crippen molar-refractivity contribution in [1.29, 1.82) is 0 Å². The molecule has 0 bridgehead atoms. The summed E-state index contributed by atoms with van der Waals surface area (Å²) in [5, 5.41) is 2.55. The molecule has 0 unspecified atom stereocenters.